The van der Waals surface area contributed by atoms with Crippen LogP contribution in [0.5, 0.6) is 0 Å². The van der Waals surface area contributed by atoms with Crippen molar-refractivity contribution in [3.05, 3.63) is 28.8 Å². The topological polar surface area (TPSA) is 72.2 Å². The van der Waals surface area contributed by atoms with E-state index in [0.29, 0.717) is 17.4 Å². The quantitative estimate of drug-likeness (QED) is 0.777. The fourth-order valence-corrected chi connectivity index (χ4v) is 4.58. The second-order valence-electron chi connectivity index (χ2n) is 5.83. The predicted octanol–water partition coefficient (Wildman–Crippen LogP) is 2.44. The van der Waals surface area contributed by atoms with Gasteiger partial charge in [-0.05, 0) is 55.7 Å². The Bertz CT molecular complexity index is 670. The third-order valence-corrected chi connectivity index (χ3v) is 6.06. The Morgan fingerprint density at radius 3 is 2.29 bits per heavy atom. The zero-order valence-electron chi connectivity index (χ0n) is 11.4. The van der Waals surface area contributed by atoms with Gasteiger partial charge in [0.2, 0.25) is 10.0 Å². The van der Waals surface area contributed by atoms with Crippen LogP contribution in [-0.4, -0.2) is 19.4 Å². The molecule has 0 saturated heterocycles. The van der Waals surface area contributed by atoms with Crippen molar-refractivity contribution in [2.75, 3.05) is 0 Å². The van der Waals surface area contributed by atoms with E-state index in [-0.39, 0.29) is 20.9 Å². The molecule has 0 heterocycles. The van der Waals surface area contributed by atoms with Gasteiger partial charge in [0.05, 0.1) is 9.92 Å². The molecule has 1 aromatic carbocycles. The summed E-state index contributed by atoms with van der Waals surface area (Å²) in [6, 6.07) is 4.54. The van der Waals surface area contributed by atoms with Gasteiger partial charge >= 0.3 is 0 Å². The molecule has 0 atom stereocenters. The molecule has 114 valence electrons. The van der Waals surface area contributed by atoms with Crippen LogP contribution in [0.3, 0.4) is 0 Å². The molecule has 0 radical (unpaired) electrons. The molecular formula is C14H17ClN2O2S2. The van der Waals surface area contributed by atoms with E-state index in [1.54, 1.807) is 6.07 Å². The van der Waals surface area contributed by atoms with Crippen molar-refractivity contribution in [1.82, 2.24) is 4.72 Å². The number of halogens is 1. The zero-order chi connectivity index (χ0) is 15.2. The molecule has 0 bridgehead atoms. The summed E-state index contributed by atoms with van der Waals surface area (Å²) in [6.07, 6.45) is 4.46. The van der Waals surface area contributed by atoms with Crippen LogP contribution >= 0.6 is 23.8 Å². The van der Waals surface area contributed by atoms with Crippen molar-refractivity contribution in [3.63, 3.8) is 0 Å². The summed E-state index contributed by atoms with van der Waals surface area (Å²) in [5, 5.41) is 0.264. The van der Waals surface area contributed by atoms with Gasteiger partial charge in [-0.15, -0.1) is 0 Å². The highest BCUT2D eigenvalue weighted by atomic mass is 35.5. The van der Waals surface area contributed by atoms with Crippen LogP contribution in [0.25, 0.3) is 0 Å². The van der Waals surface area contributed by atoms with E-state index in [4.69, 9.17) is 29.6 Å². The van der Waals surface area contributed by atoms with E-state index >= 15 is 0 Å². The minimum Gasteiger partial charge on any atom is -0.389 e. The Hall–Kier alpha value is -0.690. The van der Waals surface area contributed by atoms with Gasteiger partial charge in [-0.25, -0.2) is 13.1 Å². The van der Waals surface area contributed by atoms with Gasteiger partial charge in [-0.2, -0.15) is 0 Å². The molecule has 0 amide bonds. The molecular weight excluding hydrogens is 328 g/mol. The van der Waals surface area contributed by atoms with Crippen LogP contribution in [0.2, 0.25) is 5.02 Å². The van der Waals surface area contributed by atoms with Crippen LogP contribution < -0.4 is 10.5 Å². The molecule has 7 heteroatoms. The predicted molar refractivity (Wildman–Crippen MR) is 86.9 cm³/mol. The smallest absolute Gasteiger partial charge is 0.240 e. The molecule has 0 aromatic heterocycles. The highest BCUT2D eigenvalue weighted by Crippen LogP contribution is 2.45. The Balaban J connectivity index is 1.83. The average molecular weight is 345 g/mol. The summed E-state index contributed by atoms with van der Waals surface area (Å²) in [4.78, 5) is 0.324. The minimum atomic E-state index is -3.55. The second kappa shape index (κ2) is 5.50. The van der Waals surface area contributed by atoms with E-state index in [0.717, 1.165) is 25.7 Å². The summed E-state index contributed by atoms with van der Waals surface area (Å²) < 4.78 is 27.9. The number of benzene rings is 1. The maximum Gasteiger partial charge on any atom is 0.240 e. The standard InChI is InChI=1S/C14H17ClN2O2S2/c15-12-7-10(5-6-11(12)14(16)20)21(18,19)17-13(8-1-2-8)9-3-4-9/h5-9,13,17H,1-4H2,(H2,16,20). The molecule has 2 saturated carbocycles. The number of sulfonamides is 1. The van der Waals surface area contributed by atoms with Crippen LogP contribution in [-0.2, 0) is 10.0 Å². The van der Waals surface area contributed by atoms with Crippen molar-refractivity contribution in [1.29, 1.82) is 0 Å². The number of thiocarbonyl (C=S) groups is 1. The molecule has 2 aliphatic carbocycles. The SMILES string of the molecule is NC(=S)c1ccc(S(=O)(=O)NC(C2CC2)C2CC2)cc1Cl. The fraction of sp³-hybridized carbons (Fsp3) is 0.500. The molecule has 3 rings (SSSR count). The van der Waals surface area contributed by atoms with Crippen molar-refractivity contribution in [2.24, 2.45) is 17.6 Å². The van der Waals surface area contributed by atoms with Crippen LogP contribution in [0.4, 0.5) is 0 Å². The van der Waals surface area contributed by atoms with E-state index in [1.807, 2.05) is 0 Å². The van der Waals surface area contributed by atoms with E-state index in [2.05, 4.69) is 4.72 Å². The van der Waals surface area contributed by atoms with Gasteiger partial charge in [0.1, 0.15) is 4.99 Å². The zero-order valence-corrected chi connectivity index (χ0v) is 13.8. The van der Waals surface area contributed by atoms with Crippen molar-refractivity contribution in [2.45, 2.75) is 36.6 Å². The van der Waals surface area contributed by atoms with Gasteiger partial charge in [0, 0.05) is 11.6 Å². The average Bonchev–Trinajstić information content (AvgIpc) is 3.27. The lowest BCUT2D eigenvalue weighted by atomic mass is 10.1. The lowest BCUT2D eigenvalue weighted by Gasteiger charge is -2.18. The summed E-state index contributed by atoms with van der Waals surface area (Å²) >= 11 is 10.9. The normalized spacial score (nSPS) is 19.0. The molecule has 0 aliphatic heterocycles. The Morgan fingerprint density at radius 2 is 1.86 bits per heavy atom. The number of rotatable bonds is 6. The van der Waals surface area contributed by atoms with E-state index < -0.39 is 10.0 Å². The molecule has 1 aromatic rings. The highest BCUT2D eigenvalue weighted by molar-refractivity contribution is 7.89. The number of nitrogens with one attached hydrogen (secondary N) is 1. The largest absolute Gasteiger partial charge is 0.389 e. The van der Waals surface area contributed by atoms with Crippen LogP contribution in [0, 0.1) is 11.8 Å². The second-order valence-corrected chi connectivity index (χ2v) is 8.39. The van der Waals surface area contributed by atoms with Crippen molar-refractivity contribution in [3.8, 4) is 0 Å². The minimum absolute atomic E-state index is 0.0732. The summed E-state index contributed by atoms with van der Waals surface area (Å²) in [7, 11) is -3.55. The molecule has 3 N–H and O–H groups in total. The molecule has 0 spiro atoms. The van der Waals surface area contributed by atoms with Gasteiger partial charge < -0.3 is 5.73 Å². The summed E-state index contributed by atoms with van der Waals surface area (Å²) in [6.45, 7) is 0. The van der Waals surface area contributed by atoms with Crippen LogP contribution in [0.15, 0.2) is 23.1 Å². The van der Waals surface area contributed by atoms with Gasteiger partial charge in [-0.3, -0.25) is 0 Å². The lowest BCUT2D eigenvalue weighted by molar-refractivity contribution is 0.471. The highest BCUT2D eigenvalue weighted by Gasteiger charge is 2.43. The lowest BCUT2D eigenvalue weighted by Crippen LogP contribution is -2.38. The monoisotopic (exact) mass is 344 g/mol. The number of hydrogen-bond donors (Lipinski definition) is 2. The first-order valence-electron chi connectivity index (χ1n) is 7.00. The Kier molecular flexibility index (Phi) is 3.98. The first kappa shape index (κ1) is 15.2. The fourth-order valence-electron chi connectivity index (χ4n) is 2.60. The third-order valence-electron chi connectivity index (χ3n) is 4.07. The molecule has 2 fully saturated rings. The van der Waals surface area contributed by atoms with Gasteiger partial charge in [-0.1, -0.05) is 23.8 Å². The molecule has 21 heavy (non-hydrogen) atoms. The molecule has 2 aliphatic rings. The van der Waals surface area contributed by atoms with Crippen molar-refractivity contribution >= 4 is 38.8 Å². The Morgan fingerprint density at radius 1 is 1.29 bits per heavy atom. The molecule has 0 unspecified atom stereocenters. The van der Waals surface area contributed by atoms with Gasteiger partial charge in [0.25, 0.3) is 0 Å². The number of nitrogens with two attached hydrogens (primary N) is 1. The first-order valence-corrected chi connectivity index (χ1v) is 9.27. The first-order chi connectivity index (χ1) is 9.88. The third kappa shape index (κ3) is 3.39. The van der Waals surface area contributed by atoms with Gasteiger partial charge in [0.15, 0.2) is 0 Å². The molecule has 4 nitrogen and oxygen atoms in total. The Labute approximate surface area is 135 Å². The summed E-state index contributed by atoms with van der Waals surface area (Å²) in [5.74, 6) is 0.997. The summed E-state index contributed by atoms with van der Waals surface area (Å²) in [5.41, 5.74) is 6.02. The maximum atomic E-state index is 12.5. The van der Waals surface area contributed by atoms with E-state index in [9.17, 15) is 8.42 Å². The van der Waals surface area contributed by atoms with E-state index in [1.165, 1.54) is 12.1 Å². The maximum absolute atomic E-state index is 12.5. The number of hydrogen-bond acceptors (Lipinski definition) is 3. The van der Waals surface area contributed by atoms with Crippen LogP contribution in [0.1, 0.15) is 31.2 Å². The van der Waals surface area contributed by atoms with Crippen molar-refractivity contribution < 1.29 is 8.42 Å².